The van der Waals surface area contributed by atoms with Crippen molar-refractivity contribution in [2.75, 3.05) is 12.4 Å². The molecule has 0 bridgehead atoms. The van der Waals surface area contributed by atoms with E-state index in [1.54, 1.807) is 31.4 Å². The molecule has 0 saturated heterocycles. The lowest BCUT2D eigenvalue weighted by atomic mass is 10.2. The Morgan fingerprint density at radius 3 is 2.20 bits per heavy atom. The second-order valence-corrected chi connectivity index (χ2v) is 5.57. The van der Waals surface area contributed by atoms with Crippen LogP contribution >= 0.6 is 0 Å². The number of amides is 1. The molecule has 0 aliphatic rings. The van der Waals surface area contributed by atoms with E-state index in [1.807, 2.05) is 55.5 Å². The molecular formula is C21H19NO3. The van der Waals surface area contributed by atoms with Gasteiger partial charge in [-0.05, 0) is 43.3 Å². The molecule has 4 heteroatoms. The molecule has 0 fully saturated rings. The first kappa shape index (κ1) is 16.6. The quantitative estimate of drug-likeness (QED) is 0.711. The van der Waals surface area contributed by atoms with Gasteiger partial charge in [-0.25, -0.2) is 0 Å². The third kappa shape index (κ3) is 3.98. The first-order valence-electron chi connectivity index (χ1n) is 7.95. The molecule has 0 spiro atoms. The topological polar surface area (TPSA) is 47.6 Å². The highest BCUT2D eigenvalue weighted by atomic mass is 16.5. The van der Waals surface area contributed by atoms with Crippen LogP contribution in [0.5, 0.6) is 17.2 Å². The molecule has 0 aliphatic carbocycles. The van der Waals surface area contributed by atoms with Gasteiger partial charge in [0.05, 0.1) is 18.4 Å². The lowest BCUT2D eigenvalue weighted by molar-refractivity contribution is 0.102. The Labute approximate surface area is 147 Å². The van der Waals surface area contributed by atoms with Gasteiger partial charge in [-0.3, -0.25) is 4.79 Å². The Morgan fingerprint density at radius 1 is 0.840 bits per heavy atom. The van der Waals surface area contributed by atoms with E-state index < -0.39 is 0 Å². The molecule has 126 valence electrons. The Hall–Kier alpha value is -3.27. The highest BCUT2D eigenvalue weighted by molar-refractivity contribution is 6.06. The molecule has 0 aliphatic heterocycles. The minimum Gasteiger partial charge on any atom is -0.496 e. The maximum Gasteiger partial charge on any atom is 0.259 e. The number of benzene rings is 3. The first-order chi connectivity index (χ1) is 12.2. The van der Waals surface area contributed by atoms with Gasteiger partial charge in [0.25, 0.3) is 5.91 Å². The summed E-state index contributed by atoms with van der Waals surface area (Å²) in [4.78, 5) is 12.6. The van der Waals surface area contributed by atoms with E-state index in [-0.39, 0.29) is 5.91 Å². The van der Waals surface area contributed by atoms with Gasteiger partial charge in [-0.2, -0.15) is 0 Å². The molecule has 1 amide bonds. The van der Waals surface area contributed by atoms with Crippen molar-refractivity contribution in [3.63, 3.8) is 0 Å². The van der Waals surface area contributed by atoms with E-state index in [2.05, 4.69) is 5.32 Å². The third-order valence-electron chi connectivity index (χ3n) is 3.74. The van der Waals surface area contributed by atoms with Crippen molar-refractivity contribution in [3.05, 3.63) is 83.9 Å². The average Bonchev–Trinajstić information content (AvgIpc) is 2.65. The molecule has 0 radical (unpaired) electrons. The minimum atomic E-state index is -0.252. The summed E-state index contributed by atoms with van der Waals surface area (Å²) >= 11 is 0. The Morgan fingerprint density at radius 2 is 1.48 bits per heavy atom. The predicted octanol–water partition coefficient (Wildman–Crippen LogP) is 5.05. The smallest absolute Gasteiger partial charge is 0.259 e. The lowest BCUT2D eigenvalue weighted by Crippen LogP contribution is -2.13. The highest BCUT2D eigenvalue weighted by Gasteiger charge is 2.14. The van der Waals surface area contributed by atoms with Gasteiger partial charge < -0.3 is 14.8 Å². The SMILES string of the molecule is COc1ccccc1C(=O)Nc1ccccc1Oc1ccc(C)cc1. The van der Waals surface area contributed by atoms with Crippen molar-refractivity contribution in [2.45, 2.75) is 6.92 Å². The van der Waals surface area contributed by atoms with Crippen LogP contribution in [-0.4, -0.2) is 13.0 Å². The van der Waals surface area contributed by atoms with Gasteiger partial charge in [0.1, 0.15) is 11.5 Å². The standard InChI is InChI=1S/C21H19NO3/c1-15-11-13-16(14-12-15)25-20-10-6-4-8-18(20)22-21(23)17-7-3-5-9-19(17)24-2/h3-14H,1-2H3,(H,22,23). The van der Waals surface area contributed by atoms with Gasteiger partial charge in [-0.1, -0.05) is 42.0 Å². The third-order valence-corrected chi connectivity index (χ3v) is 3.74. The van der Waals surface area contributed by atoms with Crippen LogP contribution in [0.25, 0.3) is 0 Å². The molecule has 1 N–H and O–H groups in total. The number of nitrogens with one attached hydrogen (secondary N) is 1. The summed E-state index contributed by atoms with van der Waals surface area (Å²) in [5.74, 6) is 1.56. The Kier molecular flexibility index (Phi) is 5.00. The normalized spacial score (nSPS) is 10.2. The van der Waals surface area contributed by atoms with Crippen molar-refractivity contribution in [1.29, 1.82) is 0 Å². The van der Waals surface area contributed by atoms with E-state index in [4.69, 9.17) is 9.47 Å². The number of rotatable bonds is 5. The van der Waals surface area contributed by atoms with Crippen LogP contribution in [0.2, 0.25) is 0 Å². The number of aryl methyl sites for hydroxylation is 1. The van der Waals surface area contributed by atoms with Gasteiger partial charge in [0.2, 0.25) is 0 Å². The zero-order valence-electron chi connectivity index (χ0n) is 14.2. The van der Waals surface area contributed by atoms with Crippen LogP contribution < -0.4 is 14.8 Å². The van der Waals surface area contributed by atoms with Gasteiger partial charge >= 0.3 is 0 Å². The zero-order chi connectivity index (χ0) is 17.6. The predicted molar refractivity (Wildman–Crippen MR) is 98.6 cm³/mol. The van der Waals surface area contributed by atoms with E-state index >= 15 is 0 Å². The van der Waals surface area contributed by atoms with E-state index in [0.29, 0.717) is 28.5 Å². The lowest BCUT2D eigenvalue weighted by Gasteiger charge is -2.13. The molecular weight excluding hydrogens is 314 g/mol. The number of ether oxygens (including phenoxy) is 2. The first-order valence-corrected chi connectivity index (χ1v) is 7.95. The second kappa shape index (κ2) is 7.53. The van der Waals surface area contributed by atoms with Crippen LogP contribution in [0.3, 0.4) is 0 Å². The maximum absolute atomic E-state index is 12.6. The molecule has 0 heterocycles. The fraction of sp³-hybridized carbons (Fsp3) is 0.0952. The number of hydrogen-bond acceptors (Lipinski definition) is 3. The van der Waals surface area contributed by atoms with E-state index in [9.17, 15) is 4.79 Å². The molecule has 3 aromatic rings. The number of carbonyl (C=O) groups is 1. The van der Waals surface area contributed by atoms with Gasteiger partial charge in [0.15, 0.2) is 5.75 Å². The monoisotopic (exact) mass is 333 g/mol. The van der Waals surface area contributed by atoms with Gasteiger partial charge in [-0.15, -0.1) is 0 Å². The van der Waals surface area contributed by atoms with Crippen molar-refractivity contribution in [2.24, 2.45) is 0 Å². The fourth-order valence-corrected chi connectivity index (χ4v) is 2.41. The summed E-state index contributed by atoms with van der Waals surface area (Å²) in [6, 6.07) is 22.2. The summed E-state index contributed by atoms with van der Waals surface area (Å²) in [5.41, 5.74) is 2.22. The molecule has 4 nitrogen and oxygen atoms in total. The van der Waals surface area contributed by atoms with E-state index in [1.165, 1.54) is 0 Å². The molecule has 0 atom stereocenters. The number of anilines is 1. The van der Waals surface area contributed by atoms with Crippen molar-refractivity contribution >= 4 is 11.6 Å². The largest absolute Gasteiger partial charge is 0.496 e. The molecule has 0 aromatic heterocycles. The Bertz CT molecular complexity index is 872. The molecule has 0 unspecified atom stereocenters. The summed E-state index contributed by atoms with van der Waals surface area (Å²) < 4.78 is 11.2. The van der Waals surface area contributed by atoms with Crippen LogP contribution in [0, 0.1) is 6.92 Å². The Balaban J connectivity index is 1.83. The molecule has 3 rings (SSSR count). The fourth-order valence-electron chi connectivity index (χ4n) is 2.41. The highest BCUT2D eigenvalue weighted by Crippen LogP contribution is 2.30. The average molecular weight is 333 g/mol. The number of para-hydroxylation sites is 3. The number of methoxy groups -OCH3 is 1. The molecule has 25 heavy (non-hydrogen) atoms. The van der Waals surface area contributed by atoms with Crippen molar-refractivity contribution in [1.82, 2.24) is 0 Å². The number of hydrogen-bond donors (Lipinski definition) is 1. The van der Waals surface area contributed by atoms with Gasteiger partial charge in [0, 0.05) is 0 Å². The molecule has 0 saturated carbocycles. The summed E-state index contributed by atoms with van der Waals surface area (Å²) in [6.07, 6.45) is 0. The molecule has 3 aromatic carbocycles. The van der Waals surface area contributed by atoms with Crippen LogP contribution in [0.4, 0.5) is 5.69 Å². The van der Waals surface area contributed by atoms with Crippen molar-refractivity contribution in [3.8, 4) is 17.2 Å². The summed E-state index contributed by atoms with van der Waals surface area (Å²) in [6.45, 7) is 2.02. The number of carbonyl (C=O) groups excluding carboxylic acids is 1. The summed E-state index contributed by atoms with van der Waals surface area (Å²) in [7, 11) is 1.54. The van der Waals surface area contributed by atoms with Crippen LogP contribution in [0.15, 0.2) is 72.8 Å². The van der Waals surface area contributed by atoms with E-state index in [0.717, 1.165) is 5.56 Å². The second-order valence-electron chi connectivity index (χ2n) is 5.57. The van der Waals surface area contributed by atoms with Crippen LogP contribution in [-0.2, 0) is 0 Å². The summed E-state index contributed by atoms with van der Waals surface area (Å²) in [5, 5.41) is 2.89. The minimum absolute atomic E-state index is 0.252. The zero-order valence-corrected chi connectivity index (χ0v) is 14.2. The van der Waals surface area contributed by atoms with Crippen molar-refractivity contribution < 1.29 is 14.3 Å². The maximum atomic E-state index is 12.6. The van der Waals surface area contributed by atoms with Crippen LogP contribution in [0.1, 0.15) is 15.9 Å².